The van der Waals surface area contributed by atoms with Crippen LogP contribution in [0, 0.1) is 5.92 Å². The van der Waals surface area contributed by atoms with Crippen molar-refractivity contribution in [1.29, 1.82) is 0 Å². The number of hydrogen-bond acceptors (Lipinski definition) is 8. The minimum atomic E-state index is -0.0743. The smallest absolute Gasteiger partial charge is 0.241 e. The minimum Gasteiger partial charge on any atom is -0.497 e. The molecule has 2 heterocycles. The fourth-order valence-corrected chi connectivity index (χ4v) is 3.87. The van der Waals surface area contributed by atoms with Crippen LogP contribution < -0.4 is 19.5 Å². The monoisotopic (exact) mass is 452 g/mol. The lowest BCUT2D eigenvalue weighted by atomic mass is 9.95. The summed E-state index contributed by atoms with van der Waals surface area (Å²) >= 11 is 0. The van der Waals surface area contributed by atoms with Crippen LogP contribution in [0.2, 0.25) is 0 Å². The fourth-order valence-electron chi connectivity index (χ4n) is 3.87. The molecule has 1 aliphatic heterocycles. The zero-order chi connectivity index (χ0) is 23.2. The summed E-state index contributed by atoms with van der Waals surface area (Å²) in [6.45, 7) is 2.10. The molecule has 4 rings (SSSR count). The number of nitrogens with one attached hydrogen (secondary N) is 1. The lowest BCUT2D eigenvalue weighted by Crippen LogP contribution is -2.37. The molecule has 0 aliphatic carbocycles. The number of likely N-dealkylation sites (tertiary alicyclic amines) is 1. The van der Waals surface area contributed by atoms with Gasteiger partial charge in [-0.25, -0.2) is 0 Å². The highest BCUT2D eigenvalue weighted by Gasteiger charge is 2.26. The predicted octanol–water partition coefficient (Wildman–Crippen LogP) is 3.61. The first-order valence-corrected chi connectivity index (χ1v) is 10.8. The normalized spacial score (nSPS) is 14.6. The van der Waals surface area contributed by atoms with Gasteiger partial charge in [-0.1, -0.05) is 5.16 Å². The van der Waals surface area contributed by atoms with Crippen molar-refractivity contribution in [3.8, 4) is 28.6 Å². The molecule has 2 aromatic carbocycles. The van der Waals surface area contributed by atoms with Gasteiger partial charge in [-0.05, 0) is 62.3 Å². The maximum atomic E-state index is 12.8. The molecule has 3 aromatic rings. The van der Waals surface area contributed by atoms with Crippen LogP contribution in [0.15, 0.2) is 47.0 Å². The van der Waals surface area contributed by atoms with Crippen molar-refractivity contribution in [1.82, 2.24) is 15.0 Å². The highest BCUT2D eigenvalue weighted by molar-refractivity contribution is 5.94. The van der Waals surface area contributed by atoms with Crippen molar-refractivity contribution in [2.45, 2.75) is 19.4 Å². The summed E-state index contributed by atoms with van der Waals surface area (Å²) in [5.41, 5.74) is 1.48. The summed E-state index contributed by atoms with van der Waals surface area (Å²) in [7, 11) is 4.80. The molecular formula is C24H28N4O5. The Hall–Kier alpha value is -3.59. The van der Waals surface area contributed by atoms with E-state index in [0.717, 1.165) is 37.2 Å². The van der Waals surface area contributed by atoms with Crippen LogP contribution >= 0.6 is 0 Å². The number of piperidine rings is 1. The third-order valence-corrected chi connectivity index (χ3v) is 5.80. The van der Waals surface area contributed by atoms with Crippen molar-refractivity contribution in [2.75, 3.05) is 39.7 Å². The van der Waals surface area contributed by atoms with Crippen LogP contribution in [-0.4, -0.2) is 55.4 Å². The van der Waals surface area contributed by atoms with Crippen molar-refractivity contribution in [3.63, 3.8) is 0 Å². The Kier molecular flexibility index (Phi) is 7.09. The number of carbonyl (C=O) groups excluding carboxylic acids is 1. The van der Waals surface area contributed by atoms with Gasteiger partial charge in [0, 0.05) is 17.5 Å². The molecule has 0 atom stereocenters. The first-order chi connectivity index (χ1) is 16.1. The summed E-state index contributed by atoms with van der Waals surface area (Å²) in [6.07, 6.45) is 1.50. The second kappa shape index (κ2) is 10.4. The Bertz CT molecular complexity index is 1070. The quantitative estimate of drug-likeness (QED) is 0.553. The van der Waals surface area contributed by atoms with Crippen molar-refractivity contribution in [2.24, 2.45) is 5.92 Å². The SMILES string of the molecule is COc1ccc(-c2noc(CN3CCC(C(=O)Nc4cc(OC)ccc4OC)CC3)n2)cc1. The van der Waals surface area contributed by atoms with E-state index < -0.39 is 0 Å². The van der Waals surface area contributed by atoms with Gasteiger partial charge >= 0.3 is 0 Å². The topological polar surface area (TPSA) is 99.0 Å². The molecule has 9 nitrogen and oxygen atoms in total. The largest absolute Gasteiger partial charge is 0.497 e. The number of rotatable bonds is 8. The first-order valence-electron chi connectivity index (χ1n) is 10.8. The van der Waals surface area contributed by atoms with Gasteiger partial charge in [-0.3, -0.25) is 9.69 Å². The van der Waals surface area contributed by atoms with Crippen LogP contribution in [0.25, 0.3) is 11.4 Å². The molecule has 1 fully saturated rings. The van der Waals surface area contributed by atoms with Crippen LogP contribution in [-0.2, 0) is 11.3 Å². The van der Waals surface area contributed by atoms with E-state index in [4.69, 9.17) is 18.7 Å². The number of anilines is 1. The molecule has 1 N–H and O–H groups in total. The molecule has 9 heteroatoms. The molecule has 0 saturated carbocycles. The number of carbonyl (C=O) groups is 1. The van der Waals surface area contributed by atoms with E-state index in [2.05, 4.69) is 20.4 Å². The maximum absolute atomic E-state index is 12.8. The third kappa shape index (κ3) is 5.43. The van der Waals surface area contributed by atoms with Crippen molar-refractivity contribution < 1.29 is 23.5 Å². The Balaban J connectivity index is 1.30. The Morgan fingerprint density at radius 2 is 1.73 bits per heavy atom. The predicted molar refractivity (Wildman–Crippen MR) is 122 cm³/mol. The number of nitrogens with zero attached hydrogens (tertiary/aromatic N) is 3. The van der Waals surface area contributed by atoms with Crippen molar-refractivity contribution >= 4 is 11.6 Å². The molecule has 33 heavy (non-hydrogen) atoms. The summed E-state index contributed by atoms with van der Waals surface area (Å²) in [6, 6.07) is 12.9. The van der Waals surface area contributed by atoms with Crippen LogP contribution in [0.3, 0.4) is 0 Å². The van der Waals surface area contributed by atoms with Crippen molar-refractivity contribution in [3.05, 3.63) is 48.4 Å². The summed E-state index contributed by atoms with van der Waals surface area (Å²) in [4.78, 5) is 19.6. The summed E-state index contributed by atoms with van der Waals surface area (Å²) in [5, 5.41) is 7.08. The van der Waals surface area contributed by atoms with Gasteiger partial charge in [-0.15, -0.1) is 0 Å². The number of hydrogen-bond donors (Lipinski definition) is 1. The van der Waals surface area contributed by atoms with E-state index in [9.17, 15) is 4.79 Å². The van der Waals surface area contributed by atoms with E-state index in [1.54, 1.807) is 39.5 Å². The van der Waals surface area contributed by atoms with Crippen LogP contribution in [0.5, 0.6) is 17.2 Å². The van der Waals surface area contributed by atoms with E-state index >= 15 is 0 Å². The van der Waals surface area contributed by atoms with Gasteiger partial charge in [-0.2, -0.15) is 4.98 Å². The van der Waals surface area contributed by atoms with Gasteiger partial charge in [0.05, 0.1) is 33.6 Å². The number of ether oxygens (including phenoxy) is 3. The highest BCUT2D eigenvalue weighted by Crippen LogP contribution is 2.30. The minimum absolute atomic E-state index is 0.0132. The van der Waals surface area contributed by atoms with Gasteiger partial charge in [0.1, 0.15) is 17.2 Å². The molecular weight excluding hydrogens is 424 g/mol. The van der Waals surface area contributed by atoms with Crippen LogP contribution in [0.4, 0.5) is 5.69 Å². The van der Waals surface area contributed by atoms with Gasteiger partial charge < -0.3 is 24.1 Å². The van der Waals surface area contributed by atoms with Crippen LogP contribution in [0.1, 0.15) is 18.7 Å². The first kappa shape index (κ1) is 22.6. The zero-order valence-corrected chi connectivity index (χ0v) is 19.0. The Morgan fingerprint density at radius 3 is 2.39 bits per heavy atom. The second-order valence-corrected chi connectivity index (χ2v) is 7.85. The third-order valence-electron chi connectivity index (χ3n) is 5.80. The molecule has 0 radical (unpaired) electrons. The summed E-state index contributed by atoms with van der Waals surface area (Å²) in [5.74, 6) is 3.06. The van der Waals surface area contributed by atoms with Gasteiger partial charge in [0.2, 0.25) is 17.6 Å². The van der Waals surface area contributed by atoms with E-state index in [1.165, 1.54) is 0 Å². The lowest BCUT2D eigenvalue weighted by molar-refractivity contribution is -0.121. The van der Waals surface area contributed by atoms with E-state index in [0.29, 0.717) is 35.4 Å². The number of amides is 1. The average molecular weight is 453 g/mol. The molecule has 0 spiro atoms. The second-order valence-electron chi connectivity index (χ2n) is 7.85. The molecule has 0 unspecified atom stereocenters. The van der Waals surface area contributed by atoms with E-state index in [-0.39, 0.29) is 11.8 Å². The molecule has 1 aromatic heterocycles. The molecule has 0 bridgehead atoms. The Morgan fingerprint density at radius 1 is 1.03 bits per heavy atom. The number of aromatic nitrogens is 2. The highest BCUT2D eigenvalue weighted by atomic mass is 16.5. The lowest BCUT2D eigenvalue weighted by Gasteiger charge is -2.30. The molecule has 1 aliphatic rings. The van der Waals surface area contributed by atoms with E-state index in [1.807, 2.05) is 24.3 Å². The molecule has 1 saturated heterocycles. The Labute approximate surface area is 192 Å². The van der Waals surface area contributed by atoms with Gasteiger partial charge in [0.15, 0.2) is 0 Å². The van der Waals surface area contributed by atoms with Gasteiger partial charge in [0.25, 0.3) is 0 Å². The fraction of sp³-hybridized carbons (Fsp3) is 0.375. The standard InChI is InChI=1S/C24H28N4O5/c1-30-18-6-4-16(5-7-18)23-26-22(33-27-23)15-28-12-10-17(11-13-28)24(29)25-20-14-19(31-2)8-9-21(20)32-3/h4-9,14,17H,10-13,15H2,1-3H3,(H,25,29). The number of benzene rings is 2. The summed E-state index contributed by atoms with van der Waals surface area (Å²) < 4.78 is 21.2. The average Bonchev–Trinajstić information content (AvgIpc) is 3.32. The zero-order valence-electron chi connectivity index (χ0n) is 19.0. The molecule has 1 amide bonds. The number of methoxy groups -OCH3 is 3. The maximum Gasteiger partial charge on any atom is 0.241 e. The molecule has 174 valence electrons.